The molecule has 1 unspecified atom stereocenters. The van der Waals surface area contributed by atoms with Crippen LogP contribution in [-0.4, -0.2) is 55.6 Å². The molecule has 2 heterocycles. The third-order valence-corrected chi connectivity index (χ3v) is 5.40. The fourth-order valence-electron chi connectivity index (χ4n) is 3.79. The van der Waals surface area contributed by atoms with Crippen molar-refractivity contribution < 1.29 is 28.2 Å². The van der Waals surface area contributed by atoms with Gasteiger partial charge in [0, 0.05) is 31.6 Å². The van der Waals surface area contributed by atoms with Crippen LogP contribution in [0, 0.1) is 11.8 Å². The lowest BCUT2D eigenvalue weighted by atomic mass is 9.90. The first-order valence-electron chi connectivity index (χ1n) is 9.03. The zero-order valence-electron chi connectivity index (χ0n) is 16.0. The lowest BCUT2D eigenvalue weighted by Crippen LogP contribution is -2.52. The van der Waals surface area contributed by atoms with Crippen LogP contribution in [0.2, 0.25) is 0 Å². The van der Waals surface area contributed by atoms with Crippen molar-refractivity contribution in [1.29, 1.82) is 0 Å². The van der Waals surface area contributed by atoms with Crippen LogP contribution in [-0.2, 0) is 19.1 Å². The van der Waals surface area contributed by atoms with Crippen LogP contribution < -0.4 is 26.2 Å². The quantitative estimate of drug-likeness (QED) is 0.574. The number of carbonyl (C=O) groups excluding carboxylic acids is 2. The van der Waals surface area contributed by atoms with Crippen molar-refractivity contribution in [2.75, 3.05) is 20.8 Å². The Kier molecular flexibility index (Phi) is 5.66. The Hall–Kier alpha value is -2.52. The molecular formula is C19H24FN3O5. The van der Waals surface area contributed by atoms with E-state index in [1.165, 1.54) is 20.4 Å². The second-order valence-corrected chi connectivity index (χ2v) is 6.84. The molecule has 1 fully saturated rings. The number of fused-ring (bicyclic) bond motifs is 1. The van der Waals surface area contributed by atoms with Crippen LogP contribution in [0.4, 0.5) is 4.39 Å². The predicted octanol–water partition coefficient (Wildman–Crippen LogP) is -1.01. The third kappa shape index (κ3) is 3.35. The van der Waals surface area contributed by atoms with E-state index in [1.54, 1.807) is 18.2 Å². The molecule has 28 heavy (non-hydrogen) atoms. The summed E-state index contributed by atoms with van der Waals surface area (Å²) in [5.74, 6) is -3.64. The fourth-order valence-corrected chi connectivity index (χ4v) is 3.79. The normalized spacial score (nSPS) is 27.9. The maximum Gasteiger partial charge on any atom is 0.255 e. The topological polar surface area (TPSA) is 113 Å². The largest absolute Gasteiger partial charge is 0.475 e. The standard InChI is InChI=1S/C19H24FN3O5/c1-4-11-14(23-17(25)15(11)20)9-28-18-12-8-19(26-2,27-3)13(16(21)24)7-10(12)5-6-22-18/h5-8,11,13-15H,4,9H2,1-3H3,(H2,21,24)(H,23,25)/t11-,13?,14+,15-/m0/s1. The molecule has 0 spiro atoms. The molecular weight excluding hydrogens is 369 g/mol. The number of rotatable bonds is 7. The molecule has 1 saturated heterocycles. The highest BCUT2D eigenvalue weighted by atomic mass is 19.1. The van der Waals surface area contributed by atoms with Gasteiger partial charge < -0.3 is 25.3 Å². The molecule has 9 heteroatoms. The summed E-state index contributed by atoms with van der Waals surface area (Å²) in [5, 5.41) is 3.87. The van der Waals surface area contributed by atoms with Crippen LogP contribution in [0.25, 0.3) is 12.2 Å². The van der Waals surface area contributed by atoms with Crippen LogP contribution in [0.1, 0.15) is 13.3 Å². The molecule has 2 amide bonds. The van der Waals surface area contributed by atoms with Gasteiger partial charge in [-0.15, -0.1) is 0 Å². The van der Waals surface area contributed by atoms with Crippen molar-refractivity contribution in [2.24, 2.45) is 17.6 Å². The number of nitrogens with zero attached hydrogens (tertiary/aromatic N) is 1. The van der Waals surface area contributed by atoms with E-state index in [0.717, 1.165) is 0 Å². The van der Waals surface area contributed by atoms with Crippen LogP contribution >= 0.6 is 0 Å². The zero-order chi connectivity index (χ0) is 20.5. The molecule has 0 saturated carbocycles. The molecule has 1 aliphatic heterocycles. The Morgan fingerprint density at radius 2 is 2.11 bits per heavy atom. The van der Waals surface area contributed by atoms with Gasteiger partial charge in [0.2, 0.25) is 17.6 Å². The van der Waals surface area contributed by atoms with Crippen LogP contribution in [0.15, 0.2) is 12.3 Å². The number of aromatic nitrogens is 1. The fraction of sp³-hybridized carbons (Fsp3) is 0.526. The van der Waals surface area contributed by atoms with E-state index in [-0.39, 0.29) is 12.5 Å². The minimum Gasteiger partial charge on any atom is -0.475 e. The van der Waals surface area contributed by atoms with Gasteiger partial charge in [0.15, 0.2) is 6.17 Å². The summed E-state index contributed by atoms with van der Waals surface area (Å²) in [7, 11) is 2.82. The number of primary amides is 1. The maximum atomic E-state index is 14.0. The van der Waals surface area contributed by atoms with E-state index in [2.05, 4.69) is 10.3 Å². The van der Waals surface area contributed by atoms with Crippen molar-refractivity contribution >= 4 is 24.0 Å². The second-order valence-electron chi connectivity index (χ2n) is 6.84. The van der Waals surface area contributed by atoms with E-state index in [4.69, 9.17) is 19.9 Å². The molecule has 4 atom stereocenters. The third-order valence-electron chi connectivity index (χ3n) is 5.40. The minimum atomic E-state index is -1.54. The highest BCUT2D eigenvalue weighted by molar-refractivity contribution is 5.86. The minimum absolute atomic E-state index is 0.0637. The number of hydrogen-bond acceptors (Lipinski definition) is 6. The Labute approximate surface area is 161 Å². The number of nitrogens with one attached hydrogen (secondary N) is 1. The first kappa shape index (κ1) is 20.2. The Morgan fingerprint density at radius 3 is 2.71 bits per heavy atom. The van der Waals surface area contributed by atoms with Gasteiger partial charge >= 0.3 is 0 Å². The van der Waals surface area contributed by atoms with Crippen molar-refractivity contribution in [2.45, 2.75) is 31.3 Å². The van der Waals surface area contributed by atoms with Gasteiger partial charge in [0.05, 0.1) is 6.04 Å². The first-order chi connectivity index (χ1) is 13.4. The molecule has 8 nitrogen and oxygen atoms in total. The Morgan fingerprint density at radius 1 is 1.39 bits per heavy atom. The van der Waals surface area contributed by atoms with Gasteiger partial charge in [-0.25, -0.2) is 9.37 Å². The predicted molar refractivity (Wildman–Crippen MR) is 98.0 cm³/mol. The lowest BCUT2D eigenvalue weighted by molar-refractivity contribution is -0.183. The number of hydrogen-bond donors (Lipinski definition) is 2. The maximum absolute atomic E-state index is 14.0. The van der Waals surface area contributed by atoms with Gasteiger partial charge in [0.25, 0.3) is 5.91 Å². The van der Waals surface area contributed by atoms with Gasteiger partial charge in [-0.3, -0.25) is 9.59 Å². The average Bonchev–Trinajstić information content (AvgIpc) is 2.98. The van der Waals surface area contributed by atoms with Crippen LogP contribution in [0.5, 0.6) is 5.88 Å². The number of pyridine rings is 1. The second kappa shape index (κ2) is 7.84. The molecule has 3 N–H and O–H groups in total. The molecule has 3 rings (SSSR count). The van der Waals surface area contributed by atoms with Gasteiger partial charge in [-0.1, -0.05) is 13.0 Å². The zero-order valence-corrected chi connectivity index (χ0v) is 16.0. The Bertz CT molecular complexity index is 886. The average molecular weight is 393 g/mol. The van der Waals surface area contributed by atoms with Crippen molar-refractivity contribution in [3.05, 3.63) is 22.7 Å². The number of amides is 2. The molecule has 1 aromatic heterocycles. The van der Waals surface area contributed by atoms with Gasteiger partial charge in [0.1, 0.15) is 12.5 Å². The molecule has 1 aromatic rings. The summed E-state index contributed by atoms with van der Waals surface area (Å²) in [4.78, 5) is 27.8. The molecule has 1 aliphatic carbocycles. The molecule has 0 radical (unpaired) electrons. The lowest BCUT2D eigenvalue weighted by Gasteiger charge is -2.34. The molecule has 0 bridgehead atoms. The molecule has 0 aromatic carbocycles. The van der Waals surface area contributed by atoms with Crippen molar-refractivity contribution in [1.82, 2.24) is 10.3 Å². The van der Waals surface area contributed by atoms with E-state index in [0.29, 0.717) is 16.9 Å². The summed E-state index contributed by atoms with van der Waals surface area (Å²) in [6.07, 6.45) is 3.74. The van der Waals surface area contributed by atoms with Gasteiger partial charge in [-0.05, 0) is 23.8 Å². The number of carbonyl (C=O) groups is 2. The van der Waals surface area contributed by atoms with Gasteiger partial charge in [-0.2, -0.15) is 0 Å². The van der Waals surface area contributed by atoms with Crippen molar-refractivity contribution in [3.8, 4) is 5.88 Å². The summed E-state index contributed by atoms with van der Waals surface area (Å²) in [6, 6.07) is 1.26. The summed E-state index contributed by atoms with van der Waals surface area (Å²) in [5.41, 5.74) is 5.51. The van der Waals surface area contributed by atoms with E-state index in [1.807, 2.05) is 6.92 Å². The summed E-state index contributed by atoms with van der Waals surface area (Å²) >= 11 is 0. The SMILES string of the molecule is CC[C@@H]1[C@H](F)C(=O)N[C@@H]1COc1nccc2c1=CC(OC)(OC)C(C(N)=O)C=2. The number of nitrogens with two attached hydrogens (primary N) is 1. The van der Waals surface area contributed by atoms with Crippen molar-refractivity contribution in [3.63, 3.8) is 0 Å². The number of alkyl halides is 1. The summed E-state index contributed by atoms with van der Waals surface area (Å²) in [6.45, 7) is 1.89. The Balaban J connectivity index is 1.94. The number of methoxy groups -OCH3 is 2. The molecule has 2 aliphatic rings. The highest BCUT2D eigenvalue weighted by Gasteiger charge is 2.43. The molecule has 152 valence electrons. The number of halogens is 1. The van der Waals surface area contributed by atoms with E-state index < -0.39 is 41.7 Å². The van der Waals surface area contributed by atoms with E-state index in [9.17, 15) is 14.0 Å². The summed E-state index contributed by atoms with van der Waals surface area (Å²) < 4.78 is 30.7. The number of ether oxygens (including phenoxy) is 3. The monoisotopic (exact) mass is 393 g/mol. The first-order valence-corrected chi connectivity index (χ1v) is 9.03. The van der Waals surface area contributed by atoms with E-state index >= 15 is 0 Å². The highest BCUT2D eigenvalue weighted by Crippen LogP contribution is 2.28. The van der Waals surface area contributed by atoms with Crippen LogP contribution in [0.3, 0.4) is 0 Å². The smallest absolute Gasteiger partial charge is 0.255 e.